The van der Waals surface area contributed by atoms with Crippen molar-refractivity contribution in [3.63, 3.8) is 0 Å². The number of hydrogen-bond acceptors (Lipinski definition) is 8. The zero-order valence-corrected chi connectivity index (χ0v) is 21.6. The van der Waals surface area contributed by atoms with Crippen LogP contribution >= 0.6 is 0 Å². The van der Waals surface area contributed by atoms with Gasteiger partial charge >= 0.3 is 0 Å². The summed E-state index contributed by atoms with van der Waals surface area (Å²) in [4.78, 5) is 24.1. The first-order valence-corrected chi connectivity index (χ1v) is 12.5. The third-order valence-corrected chi connectivity index (χ3v) is 6.47. The summed E-state index contributed by atoms with van der Waals surface area (Å²) < 4.78 is 11.4. The largest absolute Gasteiger partial charge is 0.477 e. The van der Waals surface area contributed by atoms with E-state index in [2.05, 4.69) is 37.7 Å². The molecule has 2 N–H and O–H groups in total. The number of anilines is 2. The smallest absolute Gasteiger partial charge is 0.261 e. The average molecular weight is 493 g/mol. The summed E-state index contributed by atoms with van der Waals surface area (Å²) in [6.07, 6.45) is 6.84. The lowest BCUT2D eigenvalue weighted by Crippen LogP contribution is -2.30. The fraction of sp³-hybridized carbons (Fsp3) is 0.481. The van der Waals surface area contributed by atoms with Crippen LogP contribution in [0.4, 0.5) is 11.7 Å². The Kier molecular flexibility index (Phi) is 8.20. The number of hydrogen-bond donors (Lipinski definition) is 2. The molecule has 192 valence electrons. The number of carbonyl (C=O) groups is 1. The van der Waals surface area contributed by atoms with Gasteiger partial charge in [-0.25, -0.2) is 9.97 Å². The monoisotopic (exact) mass is 492 g/mol. The molecular weight excluding hydrogens is 456 g/mol. The second kappa shape index (κ2) is 11.5. The number of aromatic nitrogens is 3. The first kappa shape index (κ1) is 25.6. The Morgan fingerprint density at radius 1 is 1.17 bits per heavy atom. The van der Waals surface area contributed by atoms with Gasteiger partial charge in [0.05, 0.1) is 17.9 Å². The molecule has 0 aliphatic carbocycles. The van der Waals surface area contributed by atoms with Gasteiger partial charge < -0.3 is 19.5 Å². The molecule has 0 atom stereocenters. The van der Waals surface area contributed by atoms with Gasteiger partial charge in [-0.1, -0.05) is 32.0 Å². The van der Waals surface area contributed by atoms with E-state index in [1.54, 1.807) is 30.6 Å². The normalized spacial score (nSPS) is 15.0. The van der Waals surface area contributed by atoms with Crippen molar-refractivity contribution in [2.45, 2.75) is 52.0 Å². The average Bonchev–Trinajstić information content (AvgIpc) is 3.34. The Morgan fingerprint density at radius 2 is 1.92 bits per heavy atom. The number of piperidine rings is 1. The molecule has 1 aliphatic rings. The summed E-state index contributed by atoms with van der Waals surface area (Å²) in [6, 6.07) is 9.03. The van der Waals surface area contributed by atoms with Gasteiger partial charge in [-0.3, -0.25) is 10.1 Å². The van der Waals surface area contributed by atoms with E-state index in [1.807, 2.05) is 32.9 Å². The molecule has 0 spiro atoms. The zero-order valence-electron chi connectivity index (χ0n) is 21.6. The Hall–Kier alpha value is -3.46. The molecule has 9 heteroatoms. The number of amides is 1. The predicted molar refractivity (Wildman–Crippen MR) is 139 cm³/mol. The number of likely N-dealkylation sites (tertiary alicyclic amines) is 1. The van der Waals surface area contributed by atoms with E-state index in [0.29, 0.717) is 42.2 Å². The van der Waals surface area contributed by atoms with E-state index >= 15 is 0 Å². The summed E-state index contributed by atoms with van der Waals surface area (Å²) in [5, 5.41) is 10.1. The van der Waals surface area contributed by atoms with E-state index in [9.17, 15) is 4.79 Å². The molecule has 9 nitrogen and oxygen atoms in total. The van der Waals surface area contributed by atoms with Gasteiger partial charge in [0.25, 0.3) is 5.91 Å². The lowest BCUT2D eigenvalue weighted by molar-refractivity contribution is 0.102. The number of pyridine rings is 2. The Morgan fingerprint density at radius 3 is 2.67 bits per heavy atom. The zero-order chi connectivity index (χ0) is 25.5. The maximum absolute atomic E-state index is 13.0. The minimum atomic E-state index is -0.331. The second-order valence-electron chi connectivity index (χ2n) is 10.4. The van der Waals surface area contributed by atoms with Gasteiger partial charge in [-0.2, -0.15) is 0 Å². The van der Waals surface area contributed by atoms with E-state index in [4.69, 9.17) is 9.26 Å². The molecule has 4 rings (SSSR count). The molecule has 1 fully saturated rings. The molecule has 1 aliphatic heterocycles. The Bertz CT molecular complexity index is 1150. The predicted octanol–water partition coefficient (Wildman–Crippen LogP) is 4.74. The van der Waals surface area contributed by atoms with Gasteiger partial charge in [0.15, 0.2) is 0 Å². The van der Waals surface area contributed by atoms with Crippen LogP contribution in [0.1, 0.15) is 61.6 Å². The third kappa shape index (κ3) is 6.81. The molecule has 0 bridgehead atoms. The number of rotatable bonds is 9. The van der Waals surface area contributed by atoms with E-state index in [0.717, 1.165) is 30.8 Å². The van der Waals surface area contributed by atoms with Gasteiger partial charge in [-0.05, 0) is 63.5 Å². The van der Waals surface area contributed by atoms with E-state index < -0.39 is 0 Å². The quantitative estimate of drug-likeness (QED) is 0.441. The summed E-state index contributed by atoms with van der Waals surface area (Å²) in [6.45, 7) is 9.46. The second-order valence-corrected chi connectivity index (χ2v) is 10.4. The van der Waals surface area contributed by atoms with Crippen molar-refractivity contribution < 1.29 is 14.1 Å². The molecule has 0 saturated carbocycles. The van der Waals surface area contributed by atoms with Crippen molar-refractivity contribution in [2.75, 3.05) is 37.4 Å². The molecule has 3 aromatic heterocycles. The van der Waals surface area contributed by atoms with Crippen LogP contribution in [0.25, 0.3) is 0 Å². The molecule has 0 unspecified atom stereocenters. The molecule has 1 saturated heterocycles. The van der Waals surface area contributed by atoms with Crippen LogP contribution in [0.2, 0.25) is 0 Å². The summed E-state index contributed by atoms with van der Waals surface area (Å²) in [5.41, 5.74) is 1.90. The highest BCUT2D eigenvalue weighted by molar-refractivity contribution is 6.06. The number of ether oxygens (including phenoxy) is 1. The highest BCUT2D eigenvalue weighted by Crippen LogP contribution is 2.25. The minimum Gasteiger partial charge on any atom is -0.477 e. The van der Waals surface area contributed by atoms with Crippen LogP contribution in [0.3, 0.4) is 0 Å². The highest BCUT2D eigenvalue weighted by atomic mass is 16.5. The fourth-order valence-electron chi connectivity index (χ4n) is 4.14. The van der Waals surface area contributed by atoms with Crippen molar-refractivity contribution in [1.29, 1.82) is 0 Å². The standard InChI is InChI=1S/C27H36N6O3/c1-27(2,3)22-17-23(36-32-22)31-25(34)21-8-6-12-28-24(21)30-18-20-7-5-13-29-26(20)35-16-11-19-9-14-33(4)15-10-19/h5-8,12-13,17,19H,9-11,14-16,18H2,1-4H3,(H,28,30)(H,31,34). The lowest BCUT2D eigenvalue weighted by Gasteiger charge is -2.28. The van der Waals surface area contributed by atoms with Crippen LogP contribution in [0.5, 0.6) is 5.88 Å². The van der Waals surface area contributed by atoms with Crippen molar-refractivity contribution in [2.24, 2.45) is 5.92 Å². The molecule has 0 aromatic carbocycles. The van der Waals surface area contributed by atoms with Crippen LogP contribution in [0.15, 0.2) is 47.2 Å². The summed E-state index contributed by atoms with van der Waals surface area (Å²) >= 11 is 0. The van der Waals surface area contributed by atoms with Crippen LogP contribution < -0.4 is 15.4 Å². The molecule has 1 amide bonds. The number of nitrogens with zero attached hydrogens (tertiary/aromatic N) is 4. The minimum absolute atomic E-state index is 0.176. The van der Waals surface area contributed by atoms with Gasteiger partial charge in [-0.15, -0.1) is 0 Å². The van der Waals surface area contributed by atoms with Crippen molar-refractivity contribution in [1.82, 2.24) is 20.0 Å². The Labute approximate surface area is 212 Å². The highest BCUT2D eigenvalue weighted by Gasteiger charge is 2.21. The van der Waals surface area contributed by atoms with E-state index in [1.165, 1.54) is 12.8 Å². The summed E-state index contributed by atoms with van der Waals surface area (Å²) in [7, 11) is 2.17. The van der Waals surface area contributed by atoms with Crippen LogP contribution in [-0.2, 0) is 12.0 Å². The van der Waals surface area contributed by atoms with Crippen molar-refractivity contribution >= 4 is 17.6 Å². The number of carbonyl (C=O) groups excluding carboxylic acids is 1. The SMILES string of the molecule is CN1CCC(CCOc2ncccc2CNc2ncccc2C(=O)Nc2cc(C(C)(C)C)no2)CC1. The fourth-order valence-corrected chi connectivity index (χ4v) is 4.14. The first-order chi connectivity index (χ1) is 17.3. The first-order valence-electron chi connectivity index (χ1n) is 12.5. The topological polar surface area (TPSA) is 105 Å². The number of nitrogens with one attached hydrogen (secondary N) is 2. The molecular formula is C27H36N6O3. The third-order valence-electron chi connectivity index (χ3n) is 6.47. The molecule has 3 aromatic rings. The molecule has 36 heavy (non-hydrogen) atoms. The van der Waals surface area contributed by atoms with Gasteiger partial charge in [0.2, 0.25) is 11.8 Å². The van der Waals surface area contributed by atoms with Gasteiger partial charge in [0, 0.05) is 36.0 Å². The van der Waals surface area contributed by atoms with Crippen LogP contribution in [-0.4, -0.2) is 52.7 Å². The van der Waals surface area contributed by atoms with Crippen molar-refractivity contribution in [3.05, 3.63) is 59.5 Å². The van der Waals surface area contributed by atoms with Crippen LogP contribution in [0, 0.1) is 5.92 Å². The van der Waals surface area contributed by atoms with Gasteiger partial charge in [0.1, 0.15) is 5.82 Å². The molecule has 4 heterocycles. The van der Waals surface area contributed by atoms with E-state index in [-0.39, 0.29) is 11.3 Å². The maximum atomic E-state index is 13.0. The van der Waals surface area contributed by atoms with Crippen molar-refractivity contribution in [3.8, 4) is 5.88 Å². The Balaban J connectivity index is 1.36. The molecule has 0 radical (unpaired) electrons. The maximum Gasteiger partial charge on any atom is 0.261 e. The summed E-state index contributed by atoms with van der Waals surface area (Å²) in [5.74, 6) is 1.74. The lowest BCUT2D eigenvalue weighted by atomic mass is 9.92.